The highest BCUT2D eigenvalue weighted by molar-refractivity contribution is 6.30. The minimum atomic E-state index is -0.241. The second-order valence-corrected chi connectivity index (χ2v) is 9.77. The maximum Gasteiger partial charge on any atom is 0.256 e. The molecule has 37 heavy (non-hydrogen) atoms. The van der Waals surface area contributed by atoms with Crippen LogP contribution in [0.25, 0.3) is 0 Å². The van der Waals surface area contributed by atoms with Gasteiger partial charge in [0.1, 0.15) is 5.75 Å². The lowest BCUT2D eigenvalue weighted by Crippen LogP contribution is -2.47. The van der Waals surface area contributed by atoms with Crippen LogP contribution in [0.4, 0.5) is 17.1 Å². The van der Waals surface area contributed by atoms with Gasteiger partial charge in [0.15, 0.2) is 0 Å². The fourth-order valence-corrected chi connectivity index (χ4v) is 5.16. The van der Waals surface area contributed by atoms with Gasteiger partial charge in [-0.3, -0.25) is 9.59 Å². The standard InChI is InChI=1S/C29H31ClN4O3/c1-37-27-7-3-2-6-26(27)33-18-16-32(17-19-33)25-13-12-23(20-24(25)29(36)34-14-4-5-15-34)31-28(35)21-8-10-22(30)11-9-21/h2-3,6-13,20H,4-5,14-19H2,1H3,(H,31,35). The Labute approximate surface area is 222 Å². The van der Waals surface area contributed by atoms with E-state index < -0.39 is 0 Å². The molecular formula is C29H31ClN4O3. The average Bonchev–Trinajstić information content (AvgIpc) is 3.48. The van der Waals surface area contributed by atoms with E-state index in [0.29, 0.717) is 21.8 Å². The zero-order valence-corrected chi connectivity index (χ0v) is 21.7. The molecular weight excluding hydrogens is 488 g/mol. The number of benzene rings is 3. The third-order valence-corrected chi connectivity index (χ3v) is 7.28. The summed E-state index contributed by atoms with van der Waals surface area (Å²) < 4.78 is 5.55. The van der Waals surface area contributed by atoms with Crippen molar-refractivity contribution >= 4 is 40.5 Å². The minimum Gasteiger partial charge on any atom is -0.495 e. The molecule has 2 fully saturated rings. The van der Waals surface area contributed by atoms with E-state index in [0.717, 1.165) is 69.2 Å². The predicted octanol–water partition coefficient (Wildman–Crippen LogP) is 5.16. The number of hydrogen-bond donors (Lipinski definition) is 1. The first kappa shape index (κ1) is 25.0. The van der Waals surface area contributed by atoms with Crippen molar-refractivity contribution in [3.63, 3.8) is 0 Å². The Morgan fingerprint density at radius 2 is 1.46 bits per heavy atom. The second kappa shape index (κ2) is 11.1. The summed E-state index contributed by atoms with van der Waals surface area (Å²) in [4.78, 5) is 32.9. The summed E-state index contributed by atoms with van der Waals surface area (Å²) in [5, 5.41) is 3.52. The van der Waals surface area contributed by atoms with Gasteiger partial charge in [-0.25, -0.2) is 0 Å². The van der Waals surface area contributed by atoms with Crippen molar-refractivity contribution in [2.75, 3.05) is 61.5 Å². The highest BCUT2D eigenvalue weighted by Crippen LogP contribution is 2.32. The number of likely N-dealkylation sites (tertiary alicyclic amines) is 1. The number of nitrogens with zero attached hydrogens (tertiary/aromatic N) is 3. The Morgan fingerprint density at radius 3 is 2.14 bits per heavy atom. The van der Waals surface area contributed by atoms with Crippen molar-refractivity contribution in [2.45, 2.75) is 12.8 Å². The topological polar surface area (TPSA) is 65.1 Å². The number of nitrogens with one attached hydrogen (secondary N) is 1. The summed E-state index contributed by atoms with van der Waals surface area (Å²) in [5.74, 6) is 0.637. The number of hydrogen-bond acceptors (Lipinski definition) is 5. The van der Waals surface area contributed by atoms with Gasteiger partial charge in [0.05, 0.1) is 18.4 Å². The van der Waals surface area contributed by atoms with Crippen molar-refractivity contribution in [3.8, 4) is 5.75 Å². The molecule has 0 atom stereocenters. The molecule has 0 unspecified atom stereocenters. The van der Waals surface area contributed by atoms with Crippen LogP contribution in [0.15, 0.2) is 66.7 Å². The third kappa shape index (κ3) is 5.52. The summed E-state index contributed by atoms with van der Waals surface area (Å²) in [5.41, 5.74) is 3.72. The predicted molar refractivity (Wildman–Crippen MR) is 148 cm³/mol. The Kier molecular flexibility index (Phi) is 7.51. The van der Waals surface area contributed by atoms with E-state index in [-0.39, 0.29) is 11.8 Å². The lowest BCUT2D eigenvalue weighted by atomic mass is 10.1. The Balaban J connectivity index is 1.37. The minimum absolute atomic E-state index is 0.0160. The van der Waals surface area contributed by atoms with Crippen LogP contribution in [0.2, 0.25) is 5.02 Å². The van der Waals surface area contributed by atoms with Crippen LogP contribution in [0.5, 0.6) is 5.75 Å². The molecule has 1 N–H and O–H groups in total. The van der Waals surface area contributed by atoms with E-state index in [1.165, 1.54) is 0 Å². The number of amides is 2. The van der Waals surface area contributed by atoms with Gasteiger partial charge in [-0.05, 0) is 67.4 Å². The fraction of sp³-hybridized carbons (Fsp3) is 0.310. The molecule has 0 aromatic heterocycles. The molecule has 7 nitrogen and oxygen atoms in total. The number of piperazine rings is 1. The van der Waals surface area contributed by atoms with Gasteiger partial charge in [-0.1, -0.05) is 23.7 Å². The summed E-state index contributed by atoms with van der Waals surface area (Å²) in [6, 6.07) is 20.4. The van der Waals surface area contributed by atoms with Gasteiger partial charge in [0.2, 0.25) is 0 Å². The molecule has 2 heterocycles. The first-order valence-corrected chi connectivity index (χ1v) is 13.0. The zero-order chi connectivity index (χ0) is 25.8. The number of anilines is 3. The van der Waals surface area contributed by atoms with E-state index in [1.54, 1.807) is 31.4 Å². The van der Waals surface area contributed by atoms with E-state index >= 15 is 0 Å². The van der Waals surface area contributed by atoms with Crippen molar-refractivity contribution in [1.82, 2.24) is 4.90 Å². The van der Waals surface area contributed by atoms with E-state index in [9.17, 15) is 9.59 Å². The molecule has 0 bridgehead atoms. The number of para-hydroxylation sites is 2. The molecule has 8 heteroatoms. The molecule has 0 saturated carbocycles. The normalized spacial score (nSPS) is 15.6. The molecule has 5 rings (SSSR count). The van der Waals surface area contributed by atoms with Crippen LogP contribution in [0.3, 0.4) is 0 Å². The molecule has 3 aromatic rings. The molecule has 2 amide bonds. The quantitative estimate of drug-likeness (QED) is 0.488. The van der Waals surface area contributed by atoms with Gasteiger partial charge in [0.25, 0.3) is 11.8 Å². The monoisotopic (exact) mass is 518 g/mol. The van der Waals surface area contributed by atoms with Crippen LogP contribution in [-0.2, 0) is 0 Å². The smallest absolute Gasteiger partial charge is 0.256 e. The van der Waals surface area contributed by atoms with Gasteiger partial charge in [-0.15, -0.1) is 0 Å². The maximum atomic E-state index is 13.6. The Morgan fingerprint density at radius 1 is 0.811 bits per heavy atom. The number of methoxy groups -OCH3 is 1. The Bertz CT molecular complexity index is 1270. The van der Waals surface area contributed by atoms with Gasteiger partial charge in [-0.2, -0.15) is 0 Å². The largest absolute Gasteiger partial charge is 0.495 e. The lowest BCUT2D eigenvalue weighted by Gasteiger charge is -2.38. The van der Waals surface area contributed by atoms with Gasteiger partial charge >= 0.3 is 0 Å². The van der Waals surface area contributed by atoms with Crippen LogP contribution < -0.4 is 19.9 Å². The highest BCUT2D eigenvalue weighted by atomic mass is 35.5. The van der Waals surface area contributed by atoms with Gasteiger partial charge < -0.3 is 24.8 Å². The van der Waals surface area contributed by atoms with Crippen molar-refractivity contribution in [2.24, 2.45) is 0 Å². The molecule has 3 aromatic carbocycles. The van der Waals surface area contributed by atoms with Crippen molar-refractivity contribution < 1.29 is 14.3 Å². The number of halogens is 1. The molecule has 2 saturated heterocycles. The van der Waals surface area contributed by atoms with Gasteiger partial charge in [0, 0.05) is 61.2 Å². The van der Waals surface area contributed by atoms with E-state index in [4.69, 9.17) is 16.3 Å². The number of carbonyl (C=O) groups is 2. The number of ether oxygens (including phenoxy) is 1. The number of carbonyl (C=O) groups excluding carboxylic acids is 2. The molecule has 0 aliphatic carbocycles. The first-order chi connectivity index (χ1) is 18.0. The first-order valence-electron chi connectivity index (χ1n) is 12.7. The summed E-state index contributed by atoms with van der Waals surface area (Å²) in [6.45, 7) is 4.70. The molecule has 192 valence electrons. The summed E-state index contributed by atoms with van der Waals surface area (Å²) in [6.07, 6.45) is 2.04. The molecule has 0 spiro atoms. The van der Waals surface area contributed by atoms with E-state index in [1.807, 2.05) is 41.3 Å². The highest BCUT2D eigenvalue weighted by Gasteiger charge is 2.27. The summed E-state index contributed by atoms with van der Waals surface area (Å²) in [7, 11) is 1.69. The molecule has 2 aliphatic heterocycles. The zero-order valence-electron chi connectivity index (χ0n) is 21.0. The third-order valence-electron chi connectivity index (χ3n) is 7.03. The van der Waals surface area contributed by atoms with Crippen molar-refractivity contribution in [1.29, 1.82) is 0 Å². The van der Waals surface area contributed by atoms with E-state index in [2.05, 4.69) is 21.2 Å². The molecule has 2 aliphatic rings. The lowest BCUT2D eigenvalue weighted by molar-refractivity contribution is 0.0793. The maximum absolute atomic E-state index is 13.6. The summed E-state index contributed by atoms with van der Waals surface area (Å²) >= 11 is 5.96. The SMILES string of the molecule is COc1ccccc1N1CCN(c2ccc(NC(=O)c3ccc(Cl)cc3)cc2C(=O)N2CCCC2)CC1. The van der Waals surface area contributed by atoms with Crippen LogP contribution in [0.1, 0.15) is 33.6 Å². The van der Waals surface area contributed by atoms with Crippen LogP contribution in [-0.4, -0.2) is 63.1 Å². The number of rotatable bonds is 6. The van der Waals surface area contributed by atoms with Crippen LogP contribution >= 0.6 is 11.6 Å². The van der Waals surface area contributed by atoms with Crippen molar-refractivity contribution in [3.05, 3.63) is 82.9 Å². The Hall–Kier alpha value is -3.71. The average molecular weight is 519 g/mol. The fourth-order valence-electron chi connectivity index (χ4n) is 5.04. The van der Waals surface area contributed by atoms with Crippen LogP contribution in [0, 0.1) is 0 Å². The molecule has 0 radical (unpaired) electrons. The second-order valence-electron chi connectivity index (χ2n) is 9.34.